The third-order valence-corrected chi connectivity index (χ3v) is 3.67. The van der Waals surface area contributed by atoms with E-state index >= 15 is 0 Å². The van der Waals surface area contributed by atoms with Crippen molar-refractivity contribution >= 4 is 17.5 Å². The molecule has 1 aromatic carbocycles. The van der Waals surface area contributed by atoms with Gasteiger partial charge in [0.15, 0.2) is 0 Å². The van der Waals surface area contributed by atoms with Gasteiger partial charge in [0.05, 0.1) is 5.56 Å². The first-order valence-electron chi connectivity index (χ1n) is 6.81. The lowest BCUT2D eigenvalue weighted by molar-refractivity contribution is 0.0697. The standard InChI is InChI=1S/C16H16N2O2/c19-16(20)12-8-9-17-15(10-12)18-14-7-3-5-11-4-1-2-6-13(11)14/h3,5,7-10H,1-2,4,6H2,(H,17,18)(H,19,20). The molecule has 0 unspecified atom stereocenters. The number of aryl methyl sites for hydroxylation is 1. The summed E-state index contributed by atoms with van der Waals surface area (Å²) < 4.78 is 0. The van der Waals surface area contributed by atoms with Crippen LogP contribution >= 0.6 is 0 Å². The van der Waals surface area contributed by atoms with Gasteiger partial charge in [0, 0.05) is 11.9 Å². The van der Waals surface area contributed by atoms with Crippen LogP contribution in [0.25, 0.3) is 0 Å². The Balaban J connectivity index is 1.91. The highest BCUT2D eigenvalue weighted by Gasteiger charge is 2.13. The number of anilines is 2. The van der Waals surface area contributed by atoms with Crippen molar-refractivity contribution in [3.05, 3.63) is 53.2 Å². The molecule has 20 heavy (non-hydrogen) atoms. The summed E-state index contributed by atoms with van der Waals surface area (Å²) in [6.45, 7) is 0. The molecule has 4 heteroatoms. The largest absolute Gasteiger partial charge is 0.478 e. The van der Waals surface area contributed by atoms with Gasteiger partial charge in [-0.25, -0.2) is 9.78 Å². The molecule has 0 fully saturated rings. The topological polar surface area (TPSA) is 62.2 Å². The van der Waals surface area contributed by atoms with Gasteiger partial charge in [0.25, 0.3) is 0 Å². The average molecular weight is 268 g/mol. The maximum Gasteiger partial charge on any atom is 0.335 e. The lowest BCUT2D eigenvalue weighted by Crippen LogP contribution is -2.07. The molecule has 1 aromatic heterocycles. The molecule has 0 atom stereocenters. The van der Waals surface area contributed by atoms with Crippen LogP contribution in [-0.2, 0) is 12.8 Å². The molecule has 2 aromatic rings. The van der Waals surface area contributed by atoms with Gasteiger partial charge in [0.1, 0.15) is 5.82 Å². The quantitative estimate of drug-likeness (QED) is 0.895. The van der Waals surface area contributed by atoms with E-state index in [2.05, 4.69) is 16.4 Å². The number of aromatic nitrogens is 1. The SMILES string of the molecule is O=C(O)c1ccnc(Nc2cccc3c2CCCC3)c1. The highest BCUT2D eigenvalue weighted by Crippen LogP contribution is 2.29. The summed E-state index contributed by atoms with van der Waals surface area (Å²) in [6.07, 6.45) is 6.14. The van der Waals surface area contributed by atoms with Crippen molar-refractivity contribution in [2.75, 3.05) is 5.32 Å². The summed E-state index contributed by atoms with van der Waals surface area (Å²) in [4.78, 5) is 15.2. The zero-order chi connectivity index (χ0) is 13.9. The van der Waals surface area contributed by atoms with Crippen molar-refractivity contribution in [2.24, 2.45) is 0 Å². The minimum absolute atomic E-state index is 0.243. The van der Waals surface area contributed by atoms with E-state index in [-0.39, 0.29) is 5.56 Å². The van der Waals surface area contributed by atoms with Crippen LogP contribution in [0.3, 0.4) is 0 Å². The minimum atomic E-state index is -0.939. The predicted octanol–water partition coefficient (Wildman–Crippen LogP) is 3.40. The normalized spacial score (nSPS) is 13.6. The number of hydrogen-bond donors (Lipinski definition) is 2. The van der Waals surface area contributed by atoms with E-state index in [1.54, 1.807) is 6.07 Å². The van der Waals surface area contributed by atoms with Crippen LogP contribution in [-0.4, -0.2) is 16.1 Å². The van der Waals surface area contributed by atoms with E-state index < -0.39 is 5.97 Å². The van der Waals surface area contributed by atoms with Gasteiger partial charge in [-0.3, -0.25) is 0 Å². The Morgan fingerprint density at radius 2 is 2.05 bits per heavy atom. The second-order valence-corrected chi connectivity index (χ2v) is 5.01. The van der Waals surface area contributed by atoms with E-state index in [4.69, 9.17) is 5.11 Å². The first-order chi connectivity index (χ1) is 9.74. The van der Waals surface area contributed by atoms with Gasteiger partial charge >= 0.3 is 5.97 Å². The summed E-state index contributed by atoms with van der Waals surface area (Å²) in [5.41, 5.74) is 4.00. The van der Waals surface area contributed by atoms with Crippen LogP contribution in [0.1, 0.15) is 34.3 Å². The van der Waals surface area contributed by atoms with Gasteiger partial charge in [-0.05, 0) is 55.0 Å². The van der Waals surface area contributed by atoms with Crippen molar-refractivity contribution in [1.82, 2.24) is 4.98 Å². The van der Waals surface area contributed by atoms with E-state index in [1.165, 1.54) is 36.2 Å². The van der Waals surface area contributed by atoms with Crippen LogP contribution in [0.15, 0.2) is 36.5 Å². The third kappa shape index (κ3) is 2.50. The lowest BCUT2D eigenvalue weighted by atomic mass is 9.90. The third-order valence-electron chi connectivity index (χ3n) is 3.67. The molecule has 3 rings (SSSR count). The van der Waals surface area contributed by atoms with Crippen molar-refractivity contribution in [1.29, 1.82) is 0 Å². The first-order valence-corrected chi connectivity index (χ1v) is 6.81. The Kier molecular flexibility index (Phi) is 3.37. The average Bonchev–Trinajstić information content (AvgIpc) is 2.48. The lowest BCUT2D eigenvalue weighted by Gasteiger charge is -2.19. The maximum atomic E-state index is 11.0. The van der Waals surface area contributed by atoms with Crippen LogP contribution in [0.5, 0.6) is 0 Å². The zero-order valence-corrected chi connectivity index (χ0v) is 11.1. The Bertz CT molecular complexity index is 653. The van der Waals surface area contributed by atoms with E-state index in [0.717, 1.165) is 18.5 Å². The molecular formula is C16H16N2O2. The minimum Gasteiger partial charge on any atom is -0.478 e. The molecule has 4 nitrogen and oxygen atoms in total. The number of aromatic carboxylic acids is 1. The van der Waals surface area contributed by atoms with Crippen molar-refractivity contribution in [3.63, 3.8) is 0 Å². The summed E-state index contributed by atoms with van der Waals surface area (Å²) in [5, 5.41) is 12.3. The van der Waals surface area contributed by atoms with Crippen molar-refractivity contribution in [3.8, 4) is 0 Å². The number of fused-ring (bicyclic) bond motifs is 1. The smallest absolute Gasteiger partial charge is 0.335 e. The van der Waals surface area contributed by atoms with Gasteiger partial charge < -0.3 is 10.4 Å². The van der Waals surface area contributed by atoms with Crippen molar-refractivity contribution < 1.29 is 9.90 Å². The summed E-state index contributed by atoms with van der Waals surface area (Å²) in [6, 6.07) is 9.28. The van der Waals surface area contributed by atoms with Gasteiger partial charge in [-0.15, -0.1) is 0 Å². The number of carboxylic acids is 1. The number of carboxylic acid groups (broad SMARTS) is 1. The number of carbonyl (C=O) groups is 1. The Labute approximate surface area is 117 Å². The van der Waals surface area contributed by atoms with Crippen molar-refractivity contribution in [2.45, 2.75) is 25.7 Å². The second-order valence-electron chi connectivity index (χ2n) is 5.01. The van der Waals surface area contributed by atoms with Crippen LogP contribution < -0.4 is 5.32 Å². The number of benzene rings is 1. The monoisotopic (exact) mass is 268 g/mol. The van der Waals surface area contributed by atoms with Gasteiger partial charge in [-0.2, -0.15) is 0 Å². The van der Waals surface area contributed by atoms with E-state index in [9.17, 15) is 4.79 Å². The molecule has 1 heterocycles. The molecule has 1 aliphatic carbocycles. The molecule has 0 spiro atoms. The molecule has 0 amide bonds. The summed E-state index contributed by atoms with van der Waals surface area (Å²) >= 11 is 0. The fourth-order valence-electron chi connectivity index (χ4n) is 2.67. The number of pyridine rings is 1. The fraction of sp³-hybridized carbons (Fsp3) is 0.250. The predicted molar refractivity (Wildman–Crippen MR) is 77.6 cm³/mol. The Hall–Kier alpha value is -2.36. The van der Waals surface area contributed by atoms with E-state index in [0.29, 0.717) is 5.82 Å². The van der Waals surface area contributed by atoms with Crippen LogP contribution in [0.4, 0.5) is 11.5 Å². The highest BCUT2D eigenvalue weighted by atomic mass is 16.4. The Morgan fingerprint density at radius 1 is 1.20 bits per heavy atom. The van der Waals surface area contributed by atoms with Gasteiger partial charge in [0.2, 0.25) is 0 Å². The van der Waals surface area contributed by atoms with Crippen LogP contribution in [0, 0.1) is 0 Å². The number of nitrogens with zero attached hydrogens (tertiary/aromatic N) is 1. The second kappa shape index (κ2) is 5.33. The molecule has 0 saturated heterocycles. The molecule has 0 aliphatic heterocycles. The molecule has 1 aliphatic rings. The number of hydrogen-bond acceptors (Lipinski definition) is 3. The van der Waals surface area contributed by atoms with Crippen LogP contribution in [0.2, 0.25) is 0 Å². The molecule has 0 saturated carbocycles. The highest BCUT2D eigenvalue weighted by molar-refractivity contribution is 5.88. The van der Waals surface area contributed by atoms with Gasteiger partial charge in [-0.1, -0.05) is 12.1 Å². The van der Waals surface area contributed by atoms with E-state index in [1.807, 2.05) is 12.1 Å². The summed E-state index contributed by atoms with van der Waals surface area (Å²) in [7, 11) is 0. The number of nitrogens with one attached hydrogen (secondary N) is 1. The Morgan fingerprint density at radius 3 is 2.90 bits per heavy atom. The fourth-order valence-corrected chi connectivity index (χ4v) is 2.67. The molecule has 102 valence electrons. The zero-order valence-electron chi connectivity index (χ0n) is 11.1. The molecule has 0 bridgehead atoms. The molecule has 2 N–H and O–H groups in total. The number of rotatable bonds is 3. The molecular weight excluding hydrogens is 252 g/mol. The molecule has 0 radical (unpaired) electrons. The summed E-state index contributed by atoms with van der Waals surface area (Å²) in [5.74, 6) is -0.366. The maximum absolute atomic E-state index is 11.0. The first kappa shape index (κ1) is 12.7.